The first-order valence-electron chi connectivity index (χ1n) is 7.41. The Hall–Kier alpha value is -2.83. The fraction of sp³-hybridized carbons (Fsp3) is 0.235. The van der Waals surface area contributed by atoms with E-state index in [0.29, 0.717) is 6.42 Å². The minimum atomic E-state index is -1.63. The summed E-state index contributed by atoms with van der Waals surface area (Å²) in [7, 11) is 0. The monoisotopic (exact) mass is 331 g/mol. The van der Waals surface area contributed by atoms with Gasteiger partial charge in [0, 0.05) is 30.4 Å². The number of imide groups is 1. The summed E-state index contributed by atoms with van der Waals surface area (Å²) >= 11 is 0. The number of urea groups is 1. The van der Waals surface area contributed by atoms with Gasteiger partial charge in [0.1, 0.15) is 17.2 Å². The van der Waals surface area contributed by atoms with Crippen LogP contribution in [0.4, 0.5) is 13.6 Å². The van der Waals surface area contributed by atoms with Crippen LogP contribution in [0.15, 0.2) is 42.6 Å². The third-order valence-electron chi connectivity index (χ3n) is 4.06. The predicted molar refractivity (Wildman–Crippen MR) is 81.9 cm³/mol. The van der Waals surface area contributed by atoms with Gasteiger partial charge in [0.05, 0.1) is 0 Å². The summed E-state index contributed by atoms with van der Waals surface area (Å²) in [6.07, 6.45) is 2.00. The molecule has 24 heavy (non-hydrogen) atoms. The normalized spacial score (nSPS) is 20.4. The van der Waals surface area contributed by atoms with E-state index in [1.54, 1.807) is 24.4 Å². The third kappa shape index (κ3) is 2.73. The fourth-order valence-electron chi connectivity index (χ4n) is 2.74. The zero-order valence-electron chi connectivity index (χ0n) is 12.9. The summed E-state index contributed by atoms with van der Waals surface area (Å²) in [6, 6.07) is 7.54. The number of pyridine rings is 1. The summed E-state index contributed by atoms with van der Waals surface area (Å²) in [5.74, 6) is -2.05. The van der Waals surface area contributed by atoms with Gasteiger partial charge < -0.3 is 5.32 Å². The van der Waals surface area contributed by atoms with Crippen LogP contribution in [0.3, 0.4) is 0 Å². The molecule has 1 fully saturated rings. The molecule has 1 aliphatic rings. The molecule has 0 spiro atoms. The maximum absolute atomic E-state index is 14.0. The van der Waals surface area contributed by atoms with Crippen LogP contribution in [-0.2, 0) is 16.8 Å². The highest BCUT2D eigenvalue weighted by Gasteiger charge is 2.50. The lowest BCUT2D eigenvalue weighted by Crippen LogP contribution is -2.42. The number of rotatable bonds is 4. The number of amides is 3. The molecule has 1 aliphatic heterocycles. The van der Waals surface area contributed by atoms with Crippen molar-refractivity contribution in [1.82, 2.24) is 15.2 Å². The number of aromatic nitrogens is 1. The molecule has 1 N–H and O–H groups in total. The van der Waals surface area contributed by atoms with Crippen molar-refractivity contribution in [2.24, 2.45) is 0 Å². The van der Waals surface area contributed by atoms with Crippen molar-refractivity contribution >= 4 is 11.9 Å². The Morgan fingerprint density at radius 1 is 1.21 bits per heavy atom. The van der Waals surface area contributed by atoms with Gasteiger partial charge in [-0.3, -0.25) is 14.7 Å². The largest absolute Gasteiger partial charge is 0.325 e. The van der Waals surface area contributed by atoms with Crippen LogP contribution in [0.1, 0.15) is 18.2 Å². The Kier molecular flexibility index (Phi) is 4.01. The summed E-state index contributed by atoms with van der Waals surface area (Å²) in [6.45, 7) is 1.47. The second-order valence-electron chi connectivity index (χ2n) is 5.71. The summed E-state index contributed by atoms with van der Waals surface area (Å²) in [5, 5.41) is 2.46. The van der Waals surface area contributed by atoms with Crippen molar-refractivity contribution in [3.8, 4) is 0 Å². The van der Waals surface area contributed by atoms with E-state index >= 15 is 0 Å². The Labute approximate surface area is 137 Å². The molecule has 1 aromatic heterocycles. The Bertz CT molecular complexity index is 798. The molecule has 5 nitrogen and oxygen atoms in total. The van der Waals surface area contributed by atoms with E-state index in [2.05, 4.69) is 10.3 Å². The van der Waals surface area contributed by atoms with Crippen molar-refractivity contribution in [1.29, 1.82) is 0 Å². The van der Waals surface area contributed by atoms with Crippen molar-refractivity contribution in [2.45, 2.75) is 18.9 Å². The number of benzene rings is 1. The fourth-order valence-corrected chi connectivity index (χ4v) is 2.74. The Morgan fingerprint density at radius 2 is 2.00 bits per heavy atom. The molecule has 3 rings (SSSR count). The van der Waals surface area contributed by atoms with E-state index in [4.69, 9.17) is 0 Å². The molecule has 0 radical (unpaired) electrons. The van der Waals surface area contributed by atoms with E-state index in [1.807, 2.05) is 0 Å². The van der Waals surface area contributed by atoms with E-state index in [-0.39, 0.29) is 12.1 Å². The maximum Gasteiger partial charge on any atom is 0.325 e. The highest BCUT2D eigenvalue weighted by molar-refractivity contribution is 6.07. The van der Waals surface area contributed by atoms with Gasteiger partial charge in [-0.05, 0) is 37.3 Å². The molecule has 1 saturated heterocycles. The lowest BCUT2D eigenvalue weighted by molar-refractivity contribution is -0.131. The smallest absolute Gasteiger partial charge is 0.319 e. The molecule has 0 saturated carbocycles. The highest BCUT2D eigenvalue weighted by Crippen LogP contribution is 2.31. The predicted octanol–water partition coefficient (Wildman–Crippen LogP) is 2.37. The van der Waals surface area contributed by atoms with Gasteiger partial charge in [0.15, 0.2) is 0 Å². The number of carbonyl (C=O) groups is 2. The number of carbonyl (C=O) groups excluding carboxylic acids is 2. The molecular formula is C17H15F2N3O2. The van der Waals surface area contributed by atoms with Crippen molar-refractivity contribution in [3.05, 3.63) is 65.5 Å². The van der Waals surface area contributed by atoms with Crippen LogP contribution >= 0.6 is 0 Å². The minimum Gasteiger partial charge on any atom is -0.319 e. The molecule has 0 aliphatic carbocycles. The van der Waals surface area contributed by atoms with Crippen LogP contribution in [0.25, 0.3) is 0 Å². The van der Waals surface area contributed by atoms with E-state index < -0.39 is 29.1 Å². The molecule has 2 heterocycles. The van der Waals surface area contributed by atoms with Crippen LogP contribution in [0.2, 0.25) is 0 Å². The number of halogens is 2. The number of nitrogens with one attached hydrogen (secondary N) is 1. The van der Waals surface area contributed by atoms with Crippen LogP contribution < -0.4 is 5.32 Å². The van der Waals surface area contributed by atoms with Gasteiger partial charge in [-0.2, -0.15) is 0 Å². The topological polar surface area (TPSA) is 62.3 Å². The second kappa shape index (κ2) is 5.99. The van der Waals surface area contributed by atoms with Gasteiger partial charge in [-0.25, -0.2) is 13.6 Å². The lowest BCUT2D eigenvalue weighted by Gasteiger charge is -2.22. The average molecular weight is 331 g/mol. The van der Waals surface area contributed by atoms with E-state index in [9.17, 15) is 18.4 Å². The zero-order chi connectivity index (χ0) is 17.3. The van der Waals surface area contributed by atoms with E-state index in [0.717, 1.165) is 28.8 Å². The second-order valence-corrected chi connectivity index (χ2v) is 5.71. The number of hydrogen-bond acceptors (Lipinski definition) is 3. The highest BCUT2D eigenvalue weighted by atomic mass is 19.1. The van der Waals surface area contributed by atoms with Gasteiger partial charge in [-0.1, -0.05) is 6.07 Å². The van der Waals surface area contributed by atoms with Gasteiger partial charge in [0.25, 0.3) is 5.91 Å². The number of hydrogen-bond donors (Lipinski definition) is 1. The molecule has 3 amide bonds. The van der Waals surface area contributed by atoms with E-state index in [1.165, 1.54) is 6.92 Å². The van der Waals surface area contributed by atoms with Gasteiger partial charge in [0.2, 0.25) is 0 Å². The van der Waals surface area contributed by atoms with Crippen LogP contribution in [-0.4, -0.2) is 28.4 Å². The molecule has 0 bridgehead atoms. The molecule has 1 aromatic carbocycles. The number of nitrogens with zero attached hydrogens (tertiary/aromatic N) is 2. The van der Waals surface area contributed by atoms with Crippen molar-refractivity contribution in [2.75, 3.05) is 6.54 Å². The third-order valence-corrected chi connectivity index (χ3v) is 4.06. The summed E-state index contributed by atoms with van der Waals surface area (Å²) in [5.41, 5.74) is -1.10. The quantitative estimate of drug-likeness (QED) is 0.875. The average Bonchev–Trinajstić information content (AvgIpc) is 2.79. The Morgan fingerprint density at radius 3 is 2.71 bits per heavy atom. The molecule has 124 valence electrons. The maximum atomic E-state index is 14.0. The lowest BCUT2D eigenvalue weighted by atomic mass is 9.91. The van der Waals surface area contributed by atoms with Gasteiger partial charge in [-0.15, -0.1) is 0 Å². The van der Waals surface area contributed by atoms with Crippen LogP contribution in [0.5, 0.6) is 0 Å². The van der Waals surface area contributed by atoms with Crippen molar-refractivity contribution in [3.63, 3.8) is 0 Å². The molecule has 1 atom stereocenters. The minimum absolute atomic E-state index is 0.105. The molecule has 1 unspecified atom stereocenters. The summed E-state index contributed by atoms with van der Waals surface area (Å²) in [4.78, 5) is 29.9. The molecule has 7 heteroatoms. The summed E-state index contributed by atoms with van der Waals surface area (Å²) < 4.78 is 27.5. The van der Waals surface area contributed by atoms with Crippen LogP contribution in [0, 0.1) is 11.6 Å². The molecular weight excluding hydrogens is 316 g/mol. The SMILES string of the molecule is CC1(c2cc(F)ccc2F)NC(=O)N(CCc2ccccn2)C1=O. The first kappa shape index (κ1) is 16.0. The first-order chi connectivity index (χ1) is 11.4. The van der Waals surface area contributed by atoms with Crippen molar-refractivity contribution < 1.29 is 18.4 Å². The van der Waals surface area contributed by atoms with Gasteiger partial charge >= 0.3 is 6.03 Å². The Balaban J connectivity index is 1.84. The first-order valence-corrected chi connectivity index (χ1v) is 7.41. The standard InChI is InChI=1S/C17H15F2N3O2/c1-17(13-10-11(18)5-6-14(13)19)15(23)22(16(24)21-17)9-7-12-4-2-3-8-20-12/h2-6,8,10H,7,9H2,1H3,(H,21,24). The molecule has 2 aromatic rings. The zero-order valence-corrected chi connectivity index (χ0v) is 12.9.